The van der Waals surface area contributed by atoms with Crippen molar-refractivity contribution in [1.29, 1.82) is 0 Å². The molecule has 3 heteroatoms. The number of hydrogen-bond acceptors (Lipinski definition) is 2. The van der Waals surface area contributed by atoms with Crippen molar-refractivity contribution in [3.8, 4) is 11.5 Å². The van der Waals surface area contributed by atoms with Crippen molar-refractivity contribution in [2.24, 2.45) is 0 Å². The van der Waals surface area contributed by atoms with Crippen molar-refractivity contribution in [2.45, 2.75) is 4.43 Å². The normalized spacial score (nSPS) is 9.58. The van der Waals surface area contributed by atoms with Crippen LogP contribution in [0.25, 0.3) is 0 Å². The summed E-state index contributed by atoms with van der Waals surface area (Å²) in [6, 6.07) is 5.81. The summed E-state index contributed by atoms with van der Waals surface area (Å²) in [7, 11) is 3.34. The van der Waals surface area contributed by atoms with Crippen molar-refractivity contribution in [3.63, 3.8) is 0 Å². The van der Waals surface area contributed by atoms with Crippen LogP contribution in [0.1, 0.15) is 5.56 Å². The van der Waals surface area contributed by atoms with Gasteiger partial charge in [0.2, 0.25) is 0 Å². The fourth-order valence-electron chi connectivity index (χ4n) is 1.06. The lowest BCUT2D eigenvalue weighted by atomic mass is 10.2. The van der Waals surface area contributed by atoms with Gasteiger partial charge >= 0.3 is 0 Å². The summed E-state index contributed by atoms with van der Waals surface area (Å²) in [5, 5.41) is 0. The summed E-state index contributed by atoms with van der Waals surface area (Å²) in [5.41, 5.74) is 1.11. The maximum absolute atomic E-state index is 5.19. The molecule has 66 valence electrons. The number of ether oxygens (including phenoxy) is 2. The molecule has 0 heterocycles. The van der Waals surface area contributed by atoms with Gasteiger partial charge in [-0.3, -0.25) is 0 Å². The molecule has 0 amide bonds. The third-order valence-corrected chi connectivity index (χ3v) is 2.43. The molecule has 0 radical (unpaired) electrons. The quantitative estimate of drug-likeness (QED) is 0.625. The van der Waals surface area contributed by atoms with Gasteiger partial charge in [0.05, 0.1) is 14.2 Å². The highest BCUT2D eigenvalue weighted by atomic mass is 127. The molecule has 0 saturated heterocycles. The summed E-state index contributed by atoms with van der Waals surface area (Å²) >= 11 is 2.29. The molecule has 0 aromatic heterocycles. The van der Waals surface area contributed by atoms with Crippen LogP contribution in [-0.2, 0) is 4.43 Å². The predicted molar refractivity (Wildman–Crippen MR) is 57.3 cm³/mol. The first-order valence-electron chi connectivity index (χ1n) is 3.59. The van der Waals surface area contributed by atoms with Crippen molar-refractivity contribution < 1.29 is 9.47 Å². The Morgan fingerprint density at radius 2 is 1.67 bits per heavy atom. The highest BCUT2D eigenvalue weighted by molar-refractivity contribution is 14.1. The molecule has 0 aliphatic rings. The molecule has 2 nitrogen and oxygen atoms in total. The third kappa shape index (κ3) is 1.83. The minimum Gasteiger partial charge on any atom is -0.496 e. The fourth-order valence-corrected chi connectivity index (χ4v) is 1.81. The number of benzene rings is 1. The van der Waals surface area contributed by atoms with Crippen LogP contribution in [0.5, 0.6) is 11.5 Å². The summed E-state index contributed by atoms with van der Waals surface area (Å²) in [5.74, 6) is 1.78. The molecule has 0 spiro atoms. The van der Waals surface area contributed by atoms with Crippen LogP contribution in [0.4, 0.5) is 0 Å². The number of methoxy groups -OCH3 is 2. The monoisotopic (exact) mass is 278 g/mol. The molecule has 1 aromatic carbocycles. The molecule has 0 atom stereocenters. The van der Waals surface area contributed by atoms with Crippen LogP contribution in [0.15, 0.2) is 18.2 Å². The molecule has 0 saturated carbocycles. The minimum absolute atomic E-state index is 0.892. The second kappa shape index (κ2) is 4.54. The largest absolute Gasteiger partial charge is 0.496 e. The van der Waals surface area contributed by atoms with Crippen LogP contribution in [0.3, 0.4) is 0 Å². The smallest absolute Gasteiger partial charge is 0.126 e. The summed E-state index contributed by atoms with van der Waals surface area (Å²) in [4.78, 5) is 0. The first kappa shape index (κ1) is 9.64. The molecule has 0 N–H and O–H groups in total. The van der Waals surface area contributed by atoms with E-state index in [1.807, 2.05) is 18.2 Å². The number of alkyl halides is 1. The number of hydrogen-bond donors (Lipinski definition) is 0. The van der Waals surface area contributed by atoms with E-state index >= 15 is 0 Å². The Hall–Kier alpha value is -0.450. The zero-order valence-electron chi connectivity index (χ0n) is 7.13. The standard InChI is InChI=1S/C9H11IO2/c1-11-8-4-3-5-9(12-2)7(8)6-10/h3-5H,6H2,1-2H3. The number of rotatable bonds is 3. The Morgan fingerprint density at radius 1 is 1.17 bits per heavy atom. The maximum Gasteiger partial charge on any atom is 0.126 e. The second-order valence-corrected chi connectivity index (χ2v) is 3.04. The van der Waals surface area contributed by atoms with Crippen LogP contribution < -0.4 is 9.47 Å². The van der Waals surface area contributed by atoms with Crippen LogP contribution >= 0.6 is 22.6 Å². The molecule has 0 fully saturated rings. The zero-order valence-corrected chi connectivity index (χ0v) is 9.29. The maximum atomic E-state index is 5.19. The molecule has 0 unspecified atom stereocenters. The summed E-state index contributed by atoms with van der Waals surface area (Å²) in [6.45, 7) is 0. The Morgan fingerprint density at radius 3 is 2.00 bits per heavy atom. The predicted octanol–water partition coefficient (Wildman–Crippen LogP) is 2.64. The van der Waals surface area contributed by atoms with E-state index in [0.29, 0.717) is 0 Å². The van der Waals surface area contributed by atoms with Crippen LogP contribution in [0, 0.1) is 0 Å². The zero-order chi connectivity index (χ0) is 8.97. The lowest BCUT2D eigenvalue weighted by Crippen LogP contribution is -1.93. The van der Waals surface area contributed by atoms with Gasteiger partial charge in [-0.15, -0.1) is 0 Å². The minimum atomic E-state index is 0.892. The van der Waals surface area contributed by atoms with Gasteiger partial charge in [-0.1, -0.05) is 28.7 Å². The summed E-state index contributed by atoms with van der Waals surface area (Å²) < 4.78 is 11.3. The van der Waals surface area contributed by atoms with E-state index in [1.165, 1.54) is 0 Å². The number of halogens is 1. The van der Waals surface area contributed by atoms with Crippen molar-refractivity contribution in [3.05, 3.63) is 23.8 Å². The lowest BCUT2D eigenvalue weighted by Gasteiger charge is -2.09. The molecule has 1 rings (SSSR count). The van der Waals surface area contributed by atoms with E-state index in [0.717, 1.165) is 21.5 Å². The van der Waals surface area contributed by atoms with E-state index in [9.17, 15) is 0 Å². The molecular weight excluding hydrogens is 267 g/mol. The average Bonchev–Trinajstić information content (AvgIpc) is 2.16. The van der Waals surface area contributed by atoms with Crippen molar-refractivity contribution in [2.75, 3.05) is 14.2 Å². The molecule has 0 aliphatic carbocycles. The van der Waals surface area contributed by atoms with E-state index in [-0.39, 0.29) is 0 Å². The highest BCUT2D eigenvalue weighted by Gasteiger charge is 2.06. The van der Waals surface area contributed by atoms with Gasteiger partial charge in [0.15, 0.2) is 0 Å². The lowest BCUT2D eigenvalue weighted by molar-refractivity contribution is 0.388. The Labute approximate surface area is 86.0 Å². The third-order valence-electron chi connectivity index (χ3n) is 1.66. The van der Waals surface area contributed by atoms with E-state index in [2.05, 4.69) is 22.6 Å². The van der Waals surface area contributed by atoms with Crippen molar-refractivity contribution >= 4 is 22.6 Å². The van der Waals surface area contributed by atoms with Gasteiger partial charge in [0.25, 0.3) is 0 Å². The first-order valence-corrected chi connectivity index (χ1v) is 5.12. The Kier molecular flexibility index (Phi) is 3.65. The van der Waals surface area contributed by atoms with Gasteiger partial charge in [-0.05, 0) is 12.1 Å². The molecular formula is C9H11IO2. The average molecular weight is 278 g/mol. The molecule has 0 bridgehead atoms. The van der Waals surface area contributed by atoms with Crippen LogP contribution in [-0.4, -0.2) is 14.2 Å². The topological polar surface area (TPSA) is 18.5 Å². The molecule has 1 aromatic rings. The highest BCUT2D eigenvalue weighted by Crippen LogP contribution is 2.29. The molecule has 12 heavy (non-hydrogen) atoms. The first-order chi connectivity index (χ1) is 5.83. The second-order valence-electron chi connectivity index (χ2n) is 2.27. The van der Waals surface area contributed by atoms with E-state index in [1.54, 1.807) is 14.2 Å². The Balaban J connectivity index is 3.13. The van der Waals surface area contributed by atoms with Crippen LogP contribution in [0.2, 0.25) is 0 Å². The van der Waals surface area contributed by atoms with Crippen molar-refractivity contribution in [1.82, 2.24) is 0 Å². The van der Waals surface area contributed by atoms with Gasteiger partial charge in [-0.2, -0.15) is 0 Å². The fraction of sp³-hybridized carbons (Fsp3) is 0.333. The SMILES string of the molecule is COc1cccc(OC)c1CI. The Bertz CT molecular complexity index is 238. The summed E-state index contributed by atoms with van der Waals surface area (Å²) in [6.07, 6.45) is 0. The van der Waals surface area contributed by atoms with Gasteiger partial charge < -0.3 is 9.47 Å². The van der Waals surface area contributed by atoms with E-state index < -0.39 is 0 Å². The molecule has 0 aliphatic heterocycles. The van der Waals surface area contributed by atoms with E-state index in [4.69, 9.17) is 9.47 Å². The van der Waals surface area contributed by atoms with Gasteiger partial charge in [0.1, 0.15) is 11.5 Å². The van der Waals surface area contributed by atoms with Gasteiger partial charge in [0, 0.05) is 9.99 Å². The van der Waals surface area contributed by atoms with Gasteiger partial charge in [-0.25, -0.2) is 0 Å².